The molecule has 0 heterocycles. The quantitative estimate of drug-likeness (QED) is 0.814. The van der Waals surface area contributed by atoms with Crippen molar-refractivity contribution in [3.8, 4) is 0 Å². The third-order valence-electron chi connectivity index (χ3n) is 2.40. The molecule has 88 valence electrons. The minimum Gasteiger partial charge on any atom is -0.395 e. The highest BCUT2D eigenvalue weighted by atomic mass is 16.3. The van der Waals surface area contributed by atoms with Gasteiger partial charge in [-0.3, -0.25) is 0 Å². The monoisotopic (exact) mass is 222 g/mol. The number of likely N-dealkylation sites (N-methyl/N-ethyl adjacent to an activating group) is 1. The Morgan fingerprint density at radius 1 is 1.38 bits per heavy atom. The van der Waals surface area contributed by atoms with Crippen molar-refractivity contribution in [1.82, 2.24) is 4.90 Å². The highest BCUT2D eigenvalue weighted by molar-refractivity contribution is 5.89. The number of rotatable bonds is 4. The molecule has 0 radical (unpaired) electrons. The van der Waals surface area contributed by atoms with Crippen molar-refractivity contribution >= 4 is 11.7 Å². The van der Waals surface area contributed by atoms with Gasteiger partial charge >= 0.3 is 6.03 Å². The molecule has 4 nitrogen and oxygen atoms in total. The molecule has 0 saturated heterocycles. The third kappa shape index (κ3) is 3.55. The van der Waals surface area contributed by atoms with Gasteiger partial charge in [0.05, 0.1) is 6.61 Å². The highest BCUT2D eigenvalue weighted by Gasteiger charge is 2.07. The van der Waals surface area contributed by atoms with Crippen LogP contribution >= 0.6 is 0 Å². The lowest BCUT2D eigenvalue weighted by atomic mass is 10.1. The van der Waals surface area contributed by atoms with Crippen LogP contribution in [0, 0.1) is 0 Å². The number of benzene rings is 1. The van der Waals surface area contributed by atoms with Crippen LogP contribution < -0.4 is 5.32 Å². The first kappa shape index (κ1) is 12.5. The van der Waals surface area contributed by atoms with Crippen LogP contribution in [-0.2, 0) is 6.42 Å². The lowest BCUT2D eigenvalue weighted by Crippen LogP contribution is -2.33. The standard InChI is InChI=1S/C12H18N2O2/c1-3-10-4-6-11(7-5-10)13-12(16)14(2)8-9-15/h4-7,15H,3,8-9H2,1-2H3,(H,13,16). The largest absolute Gasteiger partial charge is 0.395 e. The predicted molar refractivity (Wildman–Crippen MR) is 64.6 cm³/mol. The Hall–Kier alpha value is -1.55. The molecule has 0 aliphatic rings. The fourth-order valence-electron chi connectivity index (χ4n) is 1.29. The van der Waals surface area contributed by atoms with E-state index in [0.29, 0.717) is 6.54 Å². The van der Waals surface area contributed by atoms with E-state index in [9.17, 15) is 4.79 Å². The molecule has 0 atom stereocenters. The van der Waals surface area contributed by atoms with E-state index in [4.69, 9.17) is 5.11 Å². The van der Waals surface area contributed by atoms with Crippen LogP contribution in [0.1, 0.15) is 12.5 Å². The Morgan fingerprint density at radius 3 is 2.50 bits per heavy atom. The molecule has 2 amide bonds. The van der Waals surface area contributed by atoms with E-state index in [1.807, 2.05) is 24.3 Å². The Kier molecular flexibility index (Phi) is 4.79. The molecular weight excluding hydrogens is 204 g/mol. The summed E-state index contributed by atoms with van der Waals surface area (Å²) in [6, 6.07) is 7.52. The van der Waals surface area contributed by atoms with Crippen LogP contribution in [0.2, 0.25) is 0 Å². The summed E-state index contributed by atoms with van der Waals surface area (Å²) in [6.45, 7) is 2.39. The van der Waals surface area contributed by atoms with E-state index in [2.05, 4.69) is 12.2 Å². The number of nitrogens with zero attached hydrogens (tertiary/aromatic N) is 1. The van der Waals surface area contributed by atoms with Crippen molar-refractivity contribution < 1.29 is 9.90 Å². The summed E-state index contributed by atoms with van der Waals surface area (Å²) in [5.74, 6) is 0. The molecule has 1 rings (SSSR count). The van der Waals surface area contributed by atoms with Gasteiger partial charge in [-0.1, -0.05) is 19.1 Å². The first-order chi connectivity index (χ1) is 7.67. The molecule has 1 aromatic carbocycles. The zero-order valence-electron chi connectivity index (χ0n) is 9.73. The van der Waals surface area contributed by atoms with Gasteiger partial charge in [0.2, 0.25) is 0 Å². The summed E-state index contributed by atoms with van der Waals surface area (Å²) in [4.78, 5) is 13.0. The van der Waals surface area contributed by atoms with Crippen molar-refractivity contribution in [2.24, 2.45) is 0 Å². The maximum Gasteiger partial charge on any atom is 0.321 e. The topological polar surface area (TPSA) is 52.6 Å². The minimum atomic E-state index is -0.210. The van der Waals surface area contributed by atoms with Crippen molar-refractivity contribution in [3.05, 3.63) is 29.8 Å². The number of hydrogen-bond acceptors (Lipinski definition) is 2. The van der Waals surface area contributed by atoms with Crippen LogP contribution in [0.3, 0.4) is 0 Å². The van der Waals surface area contributed by atoms with Gasteiger partial charge in [0, 0.05) is 19.3 Å². The molecule has 0 bridgehead atoms. The first-order valence-electron chi connectivity index (χ1n) is 5.39. The van der Waals surface area contributed by atoms with Gasteiger partial charge in [0.15, 0.2) is 0 Å². The molecule has 0 fully saturated rings. The summed E-state index contributed by atoms with van der Waals surface area (Å²) in [7, 11) is 1.64. The van der Waals surface area contributed by atoms with E-state index >= 15 is 0 Å². The summed E-state index contributed by atoms with van der Waals surface area (Å²) >= 11 is 0. The number of amides is 2. The van der Waals surface area contributed by atoms with Gasteiger partial charge < -0.3 is 15.3 Å². The van der Waals surface area contributed by atoms with E-state index in [1.165, 1.54) is 10.5 Å². The SMILES string of the molecule is CCc1ccc(NC(=O)N(C)CCO)cc1. The second-order valence-electron chi connectivity index (χ2n) is 3.63. The Morgan fingerprint density at radius 2 is 2.00 bits per heavy atom. The molecule has 0 aliphatic carbocycles. The summed E-state index contributed by atoms with van der Waals surface area (Å²) in [6.07, 6.45) is 0.985. The van der Waals surface area contributed by atoms with Gasteiger partial charge in [-0.05, 0) is 24.1 Å². The lowest BCUT2D eigenvalue weighted by Gasteiger charge is -2.16. The predicted octanol–water partition coefficient (Wildman–Crippen LogP) is 1.70. The van der Waals surface area contributed by atoms with Crippen molar-refractivity contribution in [2.45, 2.75) is 13.3 Å². The van der Waals surface area contributed by atoms with Gasteiger partial charge in [-0.15, -0.1) is 0 Å². The molecule has 16 heavy (non-hydrogen) atoms. The molecule has 0 spiro atoms. The lowest BCUT2D eigenvalue weighted by molar-refractivity contribution is 0.202. The second-order valence-corrected chi connectivity index (χ2v) is 3.63. The number of urea groups is 1. The Bertz CT molecular complexity index is 335. The highest BCUT2D eigenvalue weighted by Crippen LogP contribution is 2.10. The van der Waals surface area contributed by atoms with Crippen LogP contribution in [-0.4, -0.2) is 36.2 Å². The first-order valence-corrected chi connectivity index (χ1v) is 5.39. The molecule has 2 N–H and O–H groups in total. The second kappa shape index (κ2) is 6.12. The fraction of sp³-hybridized carbons (Fsp3) is 0.417. The van der Waals surface area contributed by atoms with Crippen molar-refractivity contribution in [3.63, 3.8) is 0 Å². The number of anilines is 1. The van der Waals surface area contributed by atoms with Gasteiger partial charge in [0.25, 0.3) is 0 Å². The maximum absolute atomic E-state index is 11.6. The van der Waals surface area contributed by atoms with Crippen molar-refractivity contribution in [2.75, 3.05) is 25.5 Å². The smallest absolute Gasteiger partial charge is 0.321 e. The number of aryl methyl sites for hydroxylation is 1. The van der Waals surface area contributed by atoms with E-state index < -0.39 is 0 Å². The van der Waals surface area contributed by atoms with E-state index in [-0.39, 0.29) is 12.6 Å². The Balaban J connectivity index is 2.55. The molecule has 1 aromatic rings. The zero-order valence-corrected chi connectivity index (χ0v) is 9.73. The number of carbonyl (C=O) groups excluding carboxylic acids is 1. The normalized spacial score (nSPS) is 9.94. The van der Waals surface area contributed by atoms with Gasteiger partial charge in [-0.25, -0.2) is 4.79 Å². The number of nitrogens with one attached hydrogen (secondary N) is 1. The fourth-order valence-corrected chi connectivity index (χ4v) is 1.29. The van der Waals surface area contributed by atoms with Crippen LogP contribution in [0.15, 0.2) is 24.3 Å². The summed E-state index contributed by atoms with van der Waals surface area (Å²) in [5, 5.41) is 11.5. The molecule has 0 saturated carbocycles. The van der Waals surface area contributed by atoms with Crippen LogP contribution in [0.4, 0.5) is 10.5 Å². The van der Waals surface area contributed by atoms with Crippen LogP contribution in [0.25, 0.3) is 0 Å². The minimum absolute atomic E-state index is 0.0291. The van der Waals surface area contributed by atoms with Crippen molar-refractivity contribution in [1.29, 1.82) is 0 Å². The Labute approximate surface area is 95.9 Å². The number of hydrogen-bond donors (Lipinski definition) is 2. The number of carbonyl (C=O) groups is 1. The van der Waals surface area contributed by atoms with Crippen LogP contribution in [0.5, 0.6) is 0 Å². The number of aliphatic hydroxyl groups excluding tert-OH is 1. The van der Waals surface area contributed by atoms with E-state index in [1.54, 1.807) is 7.05 Å². The molecule has 0 unspecified atom stereocenters. The number of aliphatic hydroxyl groups is 1. The van der Waals surface area contributed by atoms with E-state index in [0.717, 1.165) is 12.1 Å². The summed E-state index contributed by atoms with van der Waals surface area (Å²) < 4.78 is 0. The average molecular weight is 222 g/mol. The molecule has 4 heteroatoms. The molecular formula is C12H18N2O2. The third-order valence-corrected chi connectivity index (χ3v) is 2.40. The maximum atomic E-state index is 11.6. The molecule has 0 aromatic heterocycles. The zero-order chi connectivity index (χ0) is 12.0. The molecule has 0 aliphatic heterocycles. The van der Waals surface area contributed by atoms with Gasteiger partial charge in [-0.2, -0.15) is 0 Å². The van der Waals surface area contributed by atoms with Gasteiger partial charge in [0.1, 0.15) is 0 Å². The average Bonchev–Trinajstić information content (AvgIpc) is 2.30. The summed E-state index contributed by atoms with van der Waals surface area (Å²) in [5.41, 5.74) is 2.01.